The zero-order valence-corrected chi connectivity index (χ0v) is 18.5. The van der Waals surface area contributed by atoms with E-state index >= 15 is 0 Å². The maximum absolute atomic E-state index is 13.2. The summed E-state index contributed by atoms with van der Waals surface area (Å²) in [6, 6.07) is 13.5. The van der Waals surface area contributed by atoms with E-state index in [4.69, 9.17) is 0 Å². The van der Waals surface area contributed by atoms with Crippen LogP contribution in [0.1, 0.15) is 22.5 Å². The number of hydrogen-bond donors (Lipinski definition) is 0. The van der Waals surface area contributed by atoms with Gasteiger partial charge in [-0.1, -0.05) is 29.4 Å². The van der Waals surface area contributed by atoms with E-state index in [1.54, 1.807) is 4.68 Å². The van der Waals surface area contributed by atoms with Crippen LogP contribution in [0.25, 0.3) is 5.69 Å². The van der Waals surface area contributed by atoms with E-state index in [0.29, 0.717) is 38.7 Å². The lowest BCUT2D eigenvalue weighted by molar-refractivity contribution is -0.137. The van der Waals surface area contributed by atoms with E-state index in [1.165, 1.54) is 11.3 Å². The molecule has 0 N–H and O–H groups in total. The normalized spacial score (nSPS) is 19.2. The number of piperazine rings is 1. The van der Waals surface area contributed by atoms with Gasteiger partial charge in [-0.25, -0.2) is 0 Å². The van der Waals surface area contributed by atoms with Crippen LogP contribution in [0.5, 0.6) is 0 Å². The van der Waals surface area contributed by atoms with Gasteiger partial charge in [0.1, 0.15) is 0 Å². The monoisotopic (exact) mass is 451 g/mol. The van der Waals surface area contributed by atoms with Crippen molar-refractivity contribution in [3.8, 4) is 5.69 Å². The van der Waals surface area contributed by atoms with Crippen LogP contribution in [0.2, 0.25) is 0 Å². The molecule has 0 saturated carbocycles. The number of para-hydroxylation sites is 1. The number of tetrazole rings is 1. The number of piperidine rings is 1. The van der Waals surface area contributed by atoms with Gasteiger partial charge in [0.15, 0.2) is 0 Å². The fourth-order valence-electron chi connectivity index (χ4n) is 4.42. The number of benzene rings is 1. The zero-order chi connectivity index (χ0) is 21.9. The average molecular weight is 452 g/mol. The van der Waals surface area contributed by atoms with Gasteiger partial charge in [-0.15, -0.1) is 11.3 Å². The van der Waals surface area contributed by atoms with Crippen molar-refractivity contribution in [3.63, 3.8) is 0 Å². The molecule has 32 heavy (non-hydrogen) atoms. The average Bonchev–Trinajstić information content (AvgIpc) is 3.57. The molecule has 1 unspecified atom stereocenters. The summed E-state index contributed by atoms with van der Waals surface area (Å²) >= 11 is 1.45. The van der Waals surface area contributed by atoms with Gasteiger partial charge < -0.3 is 14.7 Å². The van der Waals surface area contributed by atoms with Gasteiger partial charge in [0.05, 0.1) is 16.5 Å². The molecule has 0 radical (unpaired) electrons. The minimum atomic E-state index is -0.131. The maximum Gasteiger partial charge on any atom is 0.263 e. The standard InChI is InChI=1S/C22H25N7O2S/c30-20(17-6-4-10-28(16-17)21(31)19-9-5-15-32-19)26-11-13-27(14-12-26)22-23-24-25-29(22)18-7-2-1-3-8-18/h1-3,5,7-9,15,17H,4,6,10-14,16H2. The molecule has 2 aliphatic heterocycles. The van der Waals surface area contributed by atoms with Crippen molar-refractivity contribution in [1.82, 2.24) is 30.0 Å². The van der Waals surface area contributed by atoms with Crippen LogP contribution in [0.15, 0.2) is 47.8 Å². The third-order valence-corrected chi connectivity index (χ3v) is 6.98. The summed E-state index contributed by atoms with van der Waals surface area (Å²) in [7, 11) is 0. The van der Waals surface area contributed by atoms with Crippen LogP contribution >= 0.6 is 11.3 Å². The fourth-order valence-corrected chi connectivity index (χ4v) is 5.11. The molecule has 1 atom stereocenters. The van der Waals surface area contributed by atoms with Crippen LogP contribution < -0.4 is 4.90 Å². The van der Waals surface area contributed by atoms with Crippen LogP contribution in [0, 0.1) is 5.92 Å². The van der Waals surface area contributed by atoms with Crippen molar-refractivity contribution < 1.29 is 9.59 Å². The maximum atomic E-state index is 13.2. The molecule has 166 valence electrons. The Balaban J connectivity index is 1.20. The van der Waals surface area contributed by atoms with Gasteiger partial charge in [-0.3, -0.25) is 9.59 Å². The first-order chi connectivity index (χ1) is 15.7. The van der Waals surface area contributed by atoms with E-state index < -0.39 is 0 Å². The topological polar surface area (TPSA) is 87.5 Å². The summed E-state index contributed by atoms with van der Waals surface area (Å²) in [4.78, 5) is 32.5. The SMILES string of the molecule is O=C(c1cccs1)N1CCCC(C(=O)N2CCN(c3nnnn3-c3ccccc3)CC2)C1. The first-order valence-electron chi connectivity index (χ1n) is 10.9. The lowest BCUT2D eigenvalue weighted by Gasteiger charge is -2.39. The highest BCUT2D eigenvalue weighted by molar-refractivity contribution is 7.12. The van der Waals surface area contributed by atoms with Crippen LogP contribution in [0.4, 0.5) is 5.95 Å². The second-order valence-electron chi connectivity index (χ2n) is 8.11. The number of likely N-dealkylation sites (tertiary alicyclic amines) is 1. The minimum Gasteiger partial charge on any atom is -0.339 e. The number of nitrogens with zero attached hydrogens (tertiary/aromatic N) is 7. The summed E-state index contributed by atoms with van der Waals surface area (Å²) in [6.07, 6.45) is 1.69. The van der Waals surface area contributed by atoms with Gasteiger partial charge >= 0.3 is 0 Å². The Kier molecular flexibility index (Phi) is 5.85. The van der Waals surface area contributed by atoms with E-state index in [2.05, 4.69) is 20.4 Å². The molecule has 2 saturated heterocycles. The number of aromatic nitrogens is 4. The summed E-state index contributed by atoms with van der Waals surface area (Å²) in [5, 5.41) is 14.1. The first kappa shape index (κ1) is 20.6. The lowest BCUT2D eigenvalue weighted by atomic mass is 9.96. The number of rotatable bonds is 4. The smallest absolute Gasteiger partial charge is 0.263 e. The number of carbonyl (C=O) groups excluding carboxylic acids is 2. The number of carbonyl (C=O) groups is 2. The van der Waals surface area contributed by atoms with Gasteiger partial charge in [-0.2, -0.15) is 4.68 Å². The van der Waals surface area contributed by atoms with Crippen molar-refractivity contribution in [2.45, 2.75) is 12.8 Å². The Bertz CT molecular complexity index is 1060. The molecule has 4 heterocycles. The summed E-state index contributed by atoms with van der Waals surface area (Å²) < 4.78 is 1.73. The molecular weight excluding hydrogens is 426 g/mol. The highest BCUT2D eigenvalue weighted by atomic mass is 32.1. The molecule has 5 rings (SSSR count). The molecule has 3 aromatic rings. The Morgan fingerprint density at radius 3 is 2.50 bits per heavy atom. The fraction of sp³-hybridized carbons (Fsp3) is 0.409. The quantitative estimate of drug-likeness (QED) is 0.602. The van der Waals surface area contributed by atoms with Crippen molar-refractivity contribution in [2.24, 2.45) is 5.92 Å². The zero-order valence-electron chi connectivity index (χ0n) is 17.7. The Morgan fingerprint density at radius 1 is 0.938 bits per heavy atom. The van der Waals surface area contributed by atoms with Crippen LogP contribution in [-0.4, -0.2) is 81.1 Å². The van der Waals surface area contributed by atoms with E-state index in [0.717, 1.165) is 30.0 Å². The molecule has 0 aliphatic carbocycles. The summed E-state index contributed by atoms with van der Waals surface area (Å²) in [5.41, 5.74) is 0.906. The Hall–Kier alpha value is -3.27. The molecule has 1 aromatic carbocycles. The second-order valence-corrected chi connectivity index (χ2v) is 9.05. The van der Waals surface area contributed by atoms with E-state index in [1.807, 2.05) is 57.6 Å². The van der Waals surface area contributed by atoms with Crippen molar-refractivity contribution >= 4 is 29.1 Å². The molecule has 9 nitrogen and oxygen atoms in total. The summed E-state index contributed by atoms with van der Waals surface area (Å²) in [5.74, 6) is 0.744. The van der Waals surface area contributed by atoms with Gasteiger partial charge in [0, 0.05) is 39.3 Å². The lowest BCUT2D eigenvalue weighted by Crippen LogP contribution is -2.53. The first-order valence-corrected chi connectivity index (χ1v) is 11.8. The number of anilines is 1. The Morgan fingerprint density at radius 2 is 1.75 bits per heavy atom. The van der Waals surface area contributed by atoms with Gasteiger partial charge in [0.2, 0.25) is 11.9 Å². The minimum absolute atomic E-state index is 0.0371. The molecule has 2 amide bonds. The predicted molar refractivity (Wildman–Crippen MR) is 121 cm³/mol. The number of hydrogen-bond acceptors (Lipinski definition) is 7. The molecule has 10 heteroatoms. The van der Waals surface area contributed by atoms with Gasteiger partial charge in [-0.05, 0) is 46.8 Å². The van der Waals surface area contributed by atoms with Crippen molar-refractivity contribution in [2.75, 3.05) is 44.2 Å². The van der Waals surface area contributed by atoms with E-state index in [-0.39, 0.29) is 17.7 Å². The van der Waals surface area contributed by atoms with Crippen molar-refractivity contribution in [3.05, 3.63) is 52.7 Å². The molecular formula is C22H25N7O2S. The highest BCUT2D eigenvalue weighted by Crippen LogP contribution is 2.24. The van der Waals surface area contributed by atoms with Crippen molar-refractivity contribution in [1.29, 1.82) is 0 Å². The summed E-state index contributed by atoms with van der Waals surface area (Å²) in [6.45, 7) is 3.80. The Labute approximate surface area is 190 Å². The number of thiophene rings is 1. The number of amides is 2. The highest BCUT2D eigenvalue weighted by Gasteiger charge is 2.33. The van der Waals surface area contributed by atoms with Gasteiger partial charge in [0.25, 0.3) is 5.91 Å². The van der Waals surface area contributed by atoms with Crippen LogP contribution in [-0.2, 0) is 4.79 Å². The molecule has 2 aromatic heterocycles. The third-order valence-electron chi connectivity index (χ3n) is 6.12. The molecule has 2 fully saturated rings. The molecule has 0 bridgehead atoms. The van der Waals surface area contributed by atoms with Crippen LogP contribution in [0.3, 0.4) is 0 Å². The largest absolute Gasteiger partial charge is 0.339 e. The molecule has 0 spiro atoms. The second kappa shape index (κ2) is 9.07. The predicted octanol–water partition coefficient (Wildman–Crippen LogP) is 1.92. The third kappa shape index (κ3) is 4.10. The molecule has 2 aliphatic rings. The van der Waals surface area contributed by atoms with E-state index in [9.17, 15) is 9.59 Å².